The van der Waals surface area contributed by atoms with E-state index < -0.39 is 6.04 Å². The van der Waals surface area contributed by atoms with Crippen molar-refractivity contribution in [2.75, 3.05) is 6.54 Å². The molecule has 0 unspecified atom stereocenters. The highest BCUT2D eigenvalue weighted by Crippen LogP contribution is 2.18. The Morgan fingerprint density at radius 2 is 1.60 bits per heavy atom. The maximum absolute atomic E-state index is 13.4. The van der Waals surface area contributed by atoms with E-state index in [1.54, 1.807) is 4.90 Å². The summed E-state index contributed by atoms with van der Waals surface area (Å²) in [7, 11) is 0. The van der Waals surface area contributed by atoms with E-state index in [2.05, 4.69) is 25.2 Å². The molecule has 0 aliphatic carbocycles. The van der Waals surface area contributed by atoms with Crippen LogP contribution in [0, 0.1) is 19.8 Å². The molecule has 0 aliphatic rings. The normalized spacial score (nSPS) is 12.0. The predicted molar refractivity (Wildman–Crippen MR) is 124 cm³/mol. The van der Waals surface area contributed by atoms with Crippen LogP contribution in [0.25, 0.3) is 0 Å². The van der Waals surface area contributed by atoms with Crippen LogP contribution in [0.3, 0.4) is 0 Å². The van der Waals surface area contributed by atoms with Crippen LogP contribution in [-0.2, 0) is 22.6 Å². The van der Waals surface area contributed by atoms with Crippen molar-refractivity contribution in [2.24, 2.45) is 5.92 Å². The van der Waals surface area contributed by atoms with E-state index in [-0.39, 0.29) is 18.2 Å². The number of rotatable bonds is 9. The minimum absolute atomic E-state index is 0.0542. The van der Waals surface area contributed by atoms with E-state index in [0.717, 1.165) is 22.3 Å². The van der Waals surface area contributed by atoms with Crippen molar-refractivity contribution in [1.29, 1.82) is 0 Å². The van der Waals surface area contributed by atoms with Crippen molar-refractivity contribution in [3.05, 3.63) is 69.7 Å². The summed E-state index contributed by atoms with van der Waals surface area (Å²) in [6.45, 7) is 11.1. The van der Waals surface area contributed by atoms with Gasteiger partial charge in [0.1, 0.15) is 6.04 Å². The maximum atomic E-state index is 13.4. The minimum atomic E-state index is -0.516. The van der Waals surface area contributed by atoms with Crippen LogP contribution in [0.15, 0.2) is 42.5 Å². The molecule has 0 spiro atoms. The Bertz CT molecular complexity index is 842. The molecule has 0 fully saturated rings. The average Bonchev–Trinajstić information content (AvgIpc) is 2.66. The summed E-state index contributed by atoms with van der Waals surface area (Å²) in [6.07, 6.45) is 0.820. The van der Waals surface area contributed by atoms with Crippen LogP contribution in [0.2, 0.25) is 5.02 Å². The lowest BCUT2D eigenvalue weighted by molar-refractivity contribution is -0.141. The van der Waals surface area contributed by atoms with Gasteiger partial charge in [0.05, 0.1) is 6.42 Å². The fourth-order valence-electron chi connectivity index (χ4n) is 3.58. The van der Waals surface area contributed by atoms with Crippen LogP contribution < -0.4 is 5.32 Å². The van der Waals surface area contributed by atoms with Crippen LogP contribution in [0.4, 0.5) is 0 Å². The van der Waals surface area contributed by atoms with E-state index >= 15 is 0 Å². The Labute approximate surface area is 185 Å². The van der Waals surface area contributed by atoms with Gasteiger partial charge in [0.2, 0.25) is 11.8 Å². The number of hydrogen-bond donors (Lipinski definition) is 1. The molecule has 0 aliphatic heterocycles. The van der Waals surface area contributed by atoms with Gasteiger partial charge >= 0.3 is 0 Å². The SMILES string of the molecule is CC[C@@H](C(=O)NCC(C)C)N(Cc1ccc(Cl)cc1)C(=O)Cc1cc(C)cc(C)c1. The van der Waals surface area contributed by atoms with E-state index in [1.165, 1.54) is 0 Å². The minimum Gasteiger partial charge on any atom is -0.354 e. The number of benzene rings is 2. The highest BCUT2D eigenvalue weighted by Gasteiger charge is 2.28. The number of hydrogen-bond acceptors (Lipinski definition) is 2. The number of nitrogens with zero attached hydrogens (tertiary/aromatic N) is 1. The molecule has 0 radical (unpaired) electrons. The van der Waals surface area contributed by atoms with Gasteiger partial charge in [-0.3, -0.25) is 9.59 Å². The lowest BCUT2D eigenvalue weighted by Gasteiger charge is -2.31. The van der Waals surface area contributed by atoms with Crippen LogP contribution in [0.1, 0.15) is 49.4 Å². The van der Waals surface area contributed by atoms with Crippen LogP contribution in [0.5, 0.6) is 0 Å². The monoisotopic (exact) mass is 428 g/mol. The van der Waals surface area contributed by atoms with E-state index in [0.29, 0.717) is 30.5 Å². The molecule has 5 heteroatoms. The van der Waals surface area contributed by atoms with Gasteiger partial charge in [-0.2, -0.15) is 0 Å². The molecule has 0 saturated heterocycles. The standard InChI is InChI=1S/C25H33ClN2O2/c1-6-23(25(30)27-15-17(2)3)28(16-20-7-9-22(26)10-8-20)24(29)14-21-12-18(4)11-19(5)13-21/h7-13,17,23H,6,14-16H2,1-5H3,(H,27,30)/t23-/m0/s1. The summed E-state index contributed by atoms with van der Waals surface area (Å²) in [4.78, 5) is 28.0. The second-order valence-corrected chi connectivity index (χ2v) is 8.82. The molecular formula is C25H33ClN2O2. The van der Waals surface area contributed by atoms with Gasteiger partial charge in [0.15, 0.2) is 0 Å². The first-order valence-corrected chi connectivity index (χ1v) is 11.0. The summed E-state index contributed by atoms with van der Waals surface area (Å²) in [6, 6.07) is 13.1. The molecule has 0 saturated carbocycles. The molecule has 1 atom stereocenters. The highest BCUT2D eigenvalue weighted by molar-refractivity contribution is 6.30. The van der Waals surface area contributed by atoms with Gasteiger partial charge in [-0.1, -0.05) is 73.8 Å². The molecule has 1 N–H and O–H groups in total. The van der Waals surface area contributed by atoms with E-state index in [9.17, 15) is 9.59 Å². The van der Waals surface area contributed by atoms with Crippen LogP contribution >= 0.6 is 11.6 Å². The van der Waals surface area contributed by atoms with E-state index in [1.807, 2.05) is 57.2 Å². The Hall–Kier alpha value is -2.33. The maximum Gasteiger partial charge on any atom is 0.242 e. The topological polar surface area (TPSA) is 49.4 Å². The Morgan fingerprint density at radius 1 is 1.00 bits per heavy atom. The molecule has 2 aromatic rings. The fourth-order valence-corrected chi connectivity index (χ4v) is 3.70. The molecule has 2 amide bonds. The Kier molecular flexibility index (Phi) is 8.91. The van der Waals surface area contributed by atoms with Gasteiger partial charge in [-0.25, -0.2) is 0 Å². The largest absolute Gasteiger partial charge is 0.354 e. The van der Waals surface area contributed by atoms with Crippen LogP contribution in [-0.4, -0.2) is 29.3 Å². The van der Waals surface area contributed by atoms with E-state index in [4.69, 9.17) is 11.6 Å². The summed E-state index contributed by atoms with van der Waals surface area (Å²) in [5, 5.41) is 3.64. The molecule has 0 heterocycles. The summed E-state index contributed by atoms with van der Waals surface area (Å²) in [5.41, 5.74) is 4.17. The number of aryl methyl sites for hydroxylation is 2. The average molecular weight is 429 g/mol. The number of halogens is 1. The summed E-state index contributed by atoms with van der Waals surface area (Å²) in [5.74, 6) is 0.192. The molecule has 162 valence electrons. The molecule has 4 nitrogen and oxygen atoms in total. The van der Waals surface area contributed by atoms with Crippen molar-refractivity contribution in [3.63, 3.8) is 0 Å². The van der Waals surface area contributed by atoms with Gasteiger partial charge in [-0.05, 0) is 49.4 Å². The molecule has 30 heavy (non-hydrogen) atoms. The lowest BCUT2D eigenvalue weighted by atomic mass is 10.0. The summed E-state index contributed by atoms with van der Waals surface area (Å²) >= 11 is 6.01. The van der Waals surface area contributed by atoms with Crippen molar-refractivity contribution in [3.8, 4) is 0 Å². The third-order valence-electron chi connectivity index (χ3n) is 4.97. The molecule has 0 aromatic heterocycles. The molecular weight excluding hydrogens is 396 g/mol. The van der Waals surface area contributed by atoms with Gasteiger partial charge < -0.3 is 10.2 Å². The zero-order valence-electron chi connectivity index (χ0n) is 18.7. The zero-order chi connectivity index (χ0) is 22.3. The number of amides is 2. The van der Waals surface area contributed by atoms with Gasteiger partial charge in [0.25, 0.3) is 0 Å². The number of nitrogens with one attached hydrogen (secondary N) is 1. The lowest BCUT2D eigenvalue weighted by Crippen LogP contribution is -2.50. The molecule has 0 bridgehead atoms. The highest BCUT2D eigenvalue weighted by atomic mass is 35.5. The third-order valence-corrected chi connectivity index (χ3v) is 5.23. The van der Waals surface area contributed by atoms with Crippen molar-refractivity contribution < 1.29 is 9.59 Å². The number of carbonyl (C=O) groups is 2. The summed E-state index contributed by atoms with van der Waals surface area (Å²) < 4.78 is 0. The predicted octanol–water partition coefficient (Wildman–Crippen LogP) is 5.08. The molecule has 2 aromatic carbocycles. The fraction of sp³-hybridized carbons (Fsp3) is 0.440. The first-order valence-electron chi connectivity index (χ1n) is 10.6. The quantitative estimate of drug-likeness (QED) is 0.605. The van der Waals surface area contributed by atoms with Crippen molar-refractivity contribution in [2.45, 2.75) is 60.0 Å². The smallest absolute Gasteiger partial charge is 0.242 e. The zero-order valence-corrected chi connectivity index (χ0v) is 19.4. The van der Waals surface area contributed by atoms with Gasteiger partial charge in [-0.15, -0.1) is 0 Å². The molecule has 2 rings (SSSR count). The Balaban J connectivity index is 2.29. The Morgan fingerprint density at radius 3 is 2.13 bits per heavy atom. The second kappa shape index (κ2) is 11.2. The first-order chi connectivity index (χ1) is 14.2. The third kappa shape index (κ3) is 7.17. The first kappa shape index (κ1) is 23.9. The second-order valence-electron chi connectivity index (χ2n) is 8.38. The number of carbonyl (C=O) groups excluding carboxylic acids is 2. The van der Waals surface area contributed by atoms with Gasteiger partial charge in [0, 0.05) is 18.1 Å². The van der Waals surface area contributed by atoms with Crippen molar-refractivity contribution in [1.82, 2.24) is 10.2 Å². The van der Waals surface area contributed by atoms with Crippen molar-refractivity contribution >= 4 is 23.4 Å².